The lowest BCUT2D eigenvalue weighted by Gasteiger charge is -2.23. The Balaban J connectivity index is 1.83. The molecule has 0 aromatic carbocycles. The molecule has 0 aromatic heterocycles. The molecule has 2 atom stereocenters. The number of rotatable bonds is 4. The monoisotopic (exact) mass is 190 g/mol. The van der Waals surface area contributed by atoms with Crippen molar-refractivity contribution in [2.24, 2.45) is 0 Å². The first-order chi connectivity index (χ1) is 6.92. The predicted octanol–water partition coefficient (Wildman–Crippen LogP) is 1.94. The van der Waals surface area contributed by atoms with E-state index >= 15 is 0 Å². The summed E-state index contributed by atoms with van der Waals surface area (Å²) in [5.74, 6) is 0. The first-order valence-electron chi connectivity index (χ1n) is 5.54. The summed E-state index contributed by atoms with van der Waals surface area (Å²) in [5, 5.41) is 3.27. The summed E-state index contributed by atoms with van der Waals surface area (Å²) >= 11 is 0. The molecule has 0 aromatic rings. The molecule has 1 aliphatic carbocycles. The van der Waals surface area contributed by atoms with E-state index in [-0.39, 0.29) is 0 Å². The van der Waals surface area contributed by atoms with E-state index in [2.05, 4.69) is 48.1 Å². The number of nitrogens with one attached hydrogen (secondary N) is 1. The Morgan fingerprint density at radius 1 is 1.29 bits per heavy atom. The van der Waals surface area contributed by atoms with E-state index in [4.69, 9.17) is 0 Å². The quantitative estimate of drug-likeness (QED) is 0.682. The van der Waals surface area contributed by atoms with E-state index in [9.17, 15) is 0 Å². The molecule has 0 amide bonds. The Bertz CT molecular complexity index is 232. The first kappa shape index (κ1) is 9.94. The largest absolute Gasteiger partial charge is 0.285 e. The molecule has 0 bridgehead atoms. The van der Waals surface area contributed by atoms with E-state index in [1.807, 2.05) is 0 Å². The van der Waals surface area contributed by atoms with Gasteiger partial charge in [0.1, 0.15) is 6.67 Å². The minimum absolute atomic E-state index is 0.446. The van der Waals surface area contributed by atoms with Gasteiger partial charge in [0.25, 0.3) is 0 Å². The van der Waals surface area contributed by atoms with Crippen LogP contribution in [0.5, 0.6) is 0 Å². The molecule has 2 heteroatoms. The molecule has 2 unspecified atom stereocenters. The third kappa shape index (κ3) is 2.07. The van der Waals surface area contributed by atoms with Gasteiger partial charge in [-0.2, -0.15) is 0 Å². The van der Waals surface area contributed by atoms with E-state index in [1.54, 1.807) is 0 Å². The Kier molecular flexibility index (Phi) is 3.38. The van der Waals surface area contributed by atoms with Crippen LogP contribution in [0.1, 0.15) is 26.2 Å². The van der Waals surface area contributed by atoms with Gasteiger partial charge in [-0.1, -0.05) is 44.1 Å². The Morgan fingerprint density at radius 2 is 2.14 bits per heavy atom. The lowest BCUT2D eigenvalue weighted by Crippen LogP contribution is -2.34. The number of allylic oxidation sites excluding steroid dienone is 2. The Morgan fingerprint density at radius 3 is 3.00 bits per heavy atom. The summed E-state index contributed by atoms with van der Waals surface area (Å²) < 4.78 is 0. The Labute approximate surface area is 86.7 Å². The lowest BCUT2D eigenvalue weighted by atomic mass is 10.0. The van der Waals surface area contributed by atoms with Crippen LogP contribution in [-0.4, -0.2) is 23.5 Å². The molecular weight excluding hydrogens is 172 g/mol. The number of hydrogen-bond acceptors (Lipinski definition) is 2. The van der Waals surface area contributed by atoms with Gasteiger partial charge in [0, 0.05) is 18.6 Å². The van der Waals surface area contributed by atoms with Gasteiger partial charge in [-0.15, -0.1) is 0 Å². The van der Waals surface area contributed by atoms with E-state index in [0.29, 0.717) is 12.1 Å². The summed E-state index contributed by atoms with van der Waals surface area (Å²) in [4.78, 5) is 2.29. The van der Waals surface area contributed by atoms with Gasteiger partial charge in [0.2, 0.25) is 0 Å². The molecule has 14 heavy (non-hydrogen) atoms. The van der Waals surface area contributed by atoms with Crippen LogP contribution in [0.2, 0.25) is 0 Å². The van der Waals surface area contributed by atoms with Crippen molar-refractivity contribution in [1.29, 1.82) is 0 Å². The number of unbranched alkanes of at least 4 members (excludes halogenated alkanes) is 2. The molecule has 2 aliphatic rings. The van der Waals surface area contributed by atoms with Crippen molar-refractivity contribution in [3.8, 4) is 0 Å². The number of fused-ring (bicyclic) bond motifs is 1. The van der Waals surface area contributed by atoms with Gasteiger partial charge >= 0.3 is 0 Å². The molecule has 1 aliphatic heterocycles. The van der Waals surface area contributed by atoms with Crippen molar-refractivity contribution >= 4 is 0 Å². The average Bonchev–Trinajstić information content (AvgIpc) is 2.63. The van der Waals surface area contributed by atoms with Crippen LogP contribution in [0.15, 0.2) is 24.3 Å². The van der Waals surface area contributed by atoms with Crippen LogP contribution in [0.4, 0.5) is 0 Å². The molecule has 1 fully saturated rings. The maximum atomic E-state index is 3.27. The molecule has 0 saturated carbocycles. The molecular formula is C12H18N2. The highest BCUT2D eigenvalue weighted by Gasteiger charge is 2.31. The highest BCUT2D eigenvalue weighted by Crippen LogP contribution is 2.20. The molecule has 2 nitrogen and oxygen atoms in total. The van der Waals surface area contributed by atoms with Crippen molar-refractivity contribution in [2.45, 2.75) is 38.3 Å². The fraction of sp³-hybridized carbons (Fsp3) is 0.583. The van der Waals surface area contributed by atoms with Crippen molar-refractivity contribution in [3.05, 3.63) is 31.0 Å². The molecule has 1 heterocycles. The minimum atomic E-state index is 0.446. The van der Waals surface area contributed by atoms with Gasteiger partial charge in [0.15, 0.2) is 0 Å². The molecule has 0 spiro atoms. The SMILES string of the molecule is CCCCCN1[C]NC2C=CC=CC21. The van der Waals surface area contributed by atoms with Crippen LogP contribution >= 0.6 is 0 Å². The van der Waals surface area contributed by atoms with Crippen LogP contribution in [0.25, 0.3) is 0 Å². The molecule has 2 radical (unpaired) electrons. The zero-order chi connectivity index (χ0) is 9.80. The number of hydrogen-bond donors (Lipinski definition) is 1. The van der Waals surface area contributed by atoms with E-state index < -0.39 is 0 Å². The van der Waals surface area contributed by atoms with Gasteiger partial charge in [-0.05, 0) is 6.42 Å². The predicted molar refractivity (Wildman–Crippen MR) is 58.5 cm³/mol. The summed E-state index contributed by atoms with van der Waals surface area (Å²) in [6.45, 7) is 6.60. The fourth-order valence-electron chi connectivity index (χ4n) is 2.00. The highest BCUT2D eigenvalue weighted by molar-refractivity contribution is 5.23. The maximum Gasteiger partial charge on any atom is 0.144 e. The van der Waals surface area contributed by atoms with E-state index in [0.717, 1.165) is 6.54 Å². The smallest absolute Gasteiger partial charge is 0.144 e. The second kappa shape index (κ2) is 4.76. The van der Waals surface area contributed by atoms with Crippen molar-refractivity contribution in [3.63, 3.8) is 0 Å². The molecule has 2 rings (SSSR count). The van der Waals surface area contributed by atoms with Crippen LogP contribution in [-0.2, 0) is 0 Å². The average molecular weight is 190 g/mol. The second-order valence-corrected chi connectivity index (χ2v) is 3.94. The minimum Gasteiger partial charge on any atom is -0.285 e. The summed E-state index contributed by atoms with van der Waals surface area (Å²) in [7, 11) is 0. The van der Waals surface area contributed by atoms with E-state index in [1.165, 1.54) is 19.3 Å². The topological polar surface area (TPSA) is 15.3 Å². The van der Waals surface area contributed by atoms with Gasteiger partial charge in [0.05, 0.1) is 0 Å². The molecule has 76 valence electrons. The van der Waals surface area contributed by atoms with Crippen LogP contribution in [0.3, 0.4) is 0 Å². The van der Waals surface area contributed by atoms with Crippen LogP contribution in [0, 0.1) is 6.67 Å². The summed E-state index contributed by atoms with van der Waals surface area (Å²) in [6.07, 6.45) is 12.6. The standard InChI is InChI=1S/C12H18N2/c1-2-3-6-9-14-10-13-11-7-4-5-8-12(11)14/h4-5,7-8,11-13H,2-3,6,9H2,1H3. The normalized spacial score (nSPS) is 30.9. The van der Waals surface area contributed by atoms with Gasteiger partial charge in [-0.25, -0.2) is 0 Å². The van der Waals surface area contributed by atoms with Gasteiger partial charge < -0.3 is 0 Å². The maximum absolute atomic E-state index is 3.27. The zero-order valence-corrected chi connectivity index (χ0v) is 8.74. The fourth-order valence-corrected chi connectivity index (χ4v) is 2.00. The summed E-state index contributed by atoms with van der Waals surface area (Å²) in [6, 6.07) is 0.943. The third-order valence-corrected chi connectivity index (χ3v) is 2.84. The van der Waals surface area contributed by atoms with Gasteiger partial charge in [-0.3, -0.25) is 10.2 Å². The van der Waals surface area contributed by atoms with Crippen molar-refractivity contribution < 1.29 is 0 Å². The highest BCUT2D eigenvalue weighted by atomic mass is 15.3. The summed E-state index contributed by atoms with van der Waals surface area (Å²) in [5.41, 5.74) is 0. The lowest BCUT2D eigenvalue weighted by molar-refractivity contribution is 0.316. The molecule has 1 saturated heterocycles. The molecule has 1 N–H and O–H groups in total. The Hall–Kier alpha value is -0.600. The van der Waals surface area contributed by atoms with Crippen LogP contribution < -0.4 is 5.32 Å². The first-order valence-corrected chi connectivity index (χ1v) is 5.54. The zero-order valence-electron chi connectivity index (χ0n) is 8.74. The number of nitrogens with zero attached hydrogens (tertiary/aromatic N) is 1. The van der Waals surface area contributed by atoms with Crippen molar-refractivity contribution in [2.75, 3.05) is 6.54 Å². The third-order valence-electron chi connectivity index (χ3n) is 2.84. The van der Waals surface area contributed by atoms with Crippen molar-refractivity contribution in [1.82, 2.24) is 10.2 Å². The second-order valence-electron chi connectivity index (χ2n) is 3.94.